The number of hydrogen-bond donors (Lipinski definition) is 0. The van der Waals surface area contributed by atoms with Crippen LogP contribution in [0.25, 0.3) is 16.6 Å². The van der Waals surface area contributed by atoms with Crippen molar-refractivity contribution in [2.24, 2.45) is 0 Å². The molecule has 0 amide bonds. The summed E-state index contributed by atoms with van der Waals surface area (Å²) in [5, 5.41) is 0.768. The smallest absolute Gasteiger partial charge is 0.266 e. The highest BCUT2D eigenvalue weighted by Crippen LogP contribution is 2.25. The lowest BCUT2D eigenvalue weighted by atomic mass is 10.2. The predicted molar refractivity (Wildman–Crippen MR) is 103 cm³/mol. The van der Waals surface area contributed by atoms with Crippen LogP contribution < -0.4 is 5.56 Å². The summed E-state index contributed by atoms with van der Waals surface area (Å²) < 4.78 is 29.1. The lowest BCUT2D eigenvalue weighted by Gasteiger charge is -2.14. The molecule has 0 bridgehead atoms. The van der Waals surface area contributed by atoms with Gasteiger partial charge >= 0.3 is 0 Å². The molecular formula is C21H14F2N2OS. The highest BCUT2D eigenvalue weighted by molar-refractivity contribution is 7.98. The molecule has 6 heteroatoms. The number of rotatable bonds is 4. The first-order chi connectivity index (χ1) is 13.1. The zero-order valence-corrected chi connectivity index (χ0v) is 14.9. The second-order valence-electron chi connectivity index (χ2n) is 5.92. The standard InChI is InChI=1S/C21H14F2N2OS/c22-15-7-5-6-14(12-15)13-27-21-24-18-10-3-1-8-16(18)20(26)25(21)19-11-4-2-9-17(19)23/h1-12H,13H2. The lowest BCUT2D eigenvalue weighted by molar-refractivity contribution is 0.608. The van der Waals surface area contributed by atoms with Crippen LogP contribution in [0.1, 0.15) is 5.56 Å². The van der Waals surface area contributed by atoms with E-state index in [1.165, 1.54) is 34.5 Å². The molecule has 3 aromatic carbocycles. The highest BCUT2D eigenvalue weighted by Gasteiger charge is 2.16. The number of nitrogens with zero attached hydrogens (tertiary/aromatic N) is 2. The van der Waals surface area contributed by atoms with Gasteiger partial charge in [-0.15, -0.1) is 0 Å². The summed E-state index contributed by atoms with van der Waals surface area (Å²) in [5.41, 5.74) is 1.09. The Balaban J connectivity index is 1.86. The Labute approximate surface area is 158 Å². The molecule has 1 aromatic heterocycles. The zero-order valence-electron chi connectivity index (χ0n) is 14.1. The van der Waals surface area contributed by atoms with Crippen LogP contribution in [-0.4, -0.2) is 9.55 Å². The third kappa shape index (κ3) is 3.48. The van der Waals surface area contributed by atoms with E-state index in [1.54, 1.807) is 54.6 Å². The average molecular weight is 380 g/mol. The molecule has 4 aromatic rings. The Hall–Kier alpha value is -2.99. The van der Waals surface area contributed by atoms with Crippen LogP contribution in [0.4, 0.5) is 8.78 Å². The van der Waals surface area contributed by atoms with Gasteiger partial charge in [-0.05, 0) is 42.0 Å². The van der Waals surface area contributed by atoms with Gasteiger partial charge in [0.15, 0.2) is 5.16 Å². The lowest BCUT2D eigenvalue weighted by Crippen LogP contribution is -2.22. The van der Waals surface area contributed by atoms with E-state index in [2.05, 4.69) is 4.98 Å². The van der Waals surface area contributed by atoms with Crippen LogP contribution in [0.3, 0.4) is 0 Å². The minimum Gasteiger partial charge on any atom is -0.268 e. The first-order valence-corrected chi connectivity index (χ1v) is 9.26. The number of aromatic nitrogens is 2. The SMILES string of the molecule is O=c1c2ccccc2nc(SCc2cccc(F)c2)n1-c1ccccc1F. The summed E-state index contributed by atoms with van der Waals surface area (Å²) in [6.45, 7) is 0. The van der Waals surface area contributed by atoms with E-state index in [1.807, 2.05) is 0 Å². The number of thioether (sulfide) groups is 1. The van der Waals surface area contributed by atoms with Gasteiger partial charge in [0.05, 0.1) is 16.6 Å². The van der Waals surface area contributed by atoms with Crippen molar-refractivity contribution in [3.63, 3.8) is 0 Å². The molecule has 134 valence electrons. The zero-order chi connectivity index (χ0) is 18.8. The van der Waals surface area contributed by atoms with E-state index in [4.69, 9.17) is 0 Å². The maximum Gasteiger partial charge on any atom is 0.266 e. The van der Waals surface area contributed by atoms with Crippen molar-refractivity contribution in [1.29, 1.82) is 0 Å². The fraction of sp³-hybridized carbons (Fsp3) is 0.0476. The Bertz CT molecular complexity index is 1190. The molecule has 4 rings (SSSR count). The van der Waals surface area contributed by atoms with Crippen LogP contribution in [0.5, 0.6) is 0 Å². The maximum atomic E-state index is 14.4. The van der Waals surface area contributed by atoms with Gasteiger partial charge in [-0.25, -0.2) is 13.8 Å². The maximum absolute atomic E-state index is 14.4. The molecule has 0 aliphatic heterocycles. The van der Waals surface area contributed by atoms with E-state index >= 15 is 0 Å². The topological polar surface area (TPSA) is 34.9 Å². The molecule has 0 saturated carbocycles. The molecule has 0 spiro atoms. The van der Waals surface area contributed by atoms with Crippen molar-refractivity contribution in [2.45, 2.75) is 10.9 Å². The molecule has 0 aliphatic carbocycles. The largest absolute Gasteiger partial charge is 0.268 e. The number of halogens is 2. The predicted octanol–water partition coefficient (Wildman–Crippen LogP) is 4.96. The Kier molecular flexibility index (Phi) is 4.73. The number of benzene rings is 3. The van der Waals surface area contributed by atoms with Crippen molar-refractivity contribution >= 4 is 22.7 Å². The van der Waals surface area contributed by atoms with Gasteiger partial charge in [0.25, 0.3) is 5.56 Å². The van der Waals surface area contributed by atoms with Gasteiger partial charge in [0.2, 0.25) is 0 Å². The third-order valence-electron chi connectivity index (χ3n) is 4.10. The monoisotopic (exact) mass is 380 g/mol. The first-order valence-electron chi connectivity index (χ1n) is 8.27. The summed E-state index contributed by atoms with van der Waals surface area (Å²) in [5.74, 6) is -0.438. The third-order valence-corrected chi connectivity index (χ3v) is 5.10. The minimum absolute atomic E-state index is 0.141. The fourth-order valence-corrected chi connectivity index (χ4v) is 3.78. The van der Waals surface area contributed by atoms with E-state index in [-0.39, 0.29) is 17.1 Å². The van der Waals surface area contributed by atoms with Gasteiger partial charge in [-0.3, -0.25) is 9.36 Å². The van der Waals surface area contributed by atoms with Crippen molar-refractivity contribution in [3.05, 3.63) is 100 Å². The molecule has 0 atom stereocenters. The van der Waals surface area contributed by atoms with Gasteiger partial charge in [-0.1, -0.05) is 48.2 Å². The second kappa shape index (κ2) is 7.32. The van der Waals surface area contributed by atoms with E-state index in [9.17, 15) is 13.6 Å². The van der Waals surface area contributed by atoms with E-state index < -0.39 is 5.82 Å². The molecule has 0 fully saturated rings. The van der Waals surface area contributed by atoms with Crippen molar-refractivity contribution in [2.75, 3.05) is 0 Å². The van der Waals surface area contributed by atoms with Gasteiger partial charge < -0.3 is 0 Å². The Morgan fingerprint density at radius 3 is 2.52 bits per heavy atom. The number of para-hydroxylation sites is 2. The van der Waals surface area contributed by atoms with Crippen molar-refractivity contribution in [1.82, 2.24) is 9.55 Å². The molecule has 27 heavy (non-hydrogen) atoms. The highest BCUT2D eigenvalue weighted by atomic mass is 32.2. The average Bonchev–Trinajstić information content (AvgIpc) is 2.68. The van der Waals surface area contributed by atoms with Crippen LogP contribution in [0.2, 0.25) is 0 Å². The van der Waals surface area contributed by atoms with Gasteiger partial charge in [-0.2, -0.15) is 0 Å². The van der Waals surface area contributed by atoms with Crippen LogP contribution in [-0.2, 0) is 5.75 Å². The van der Waals surface area contributed by atoms with Crippen LogP contribution >= 0.6 is 11.8 Å². The first kappa shape index (κ1) is 17.4. The van der Waals surface area contributed by atoms with Crippen molar-refractivity contribution < 1.29 is 8.78 Å². The molecule has 0 aliphatic rings. The quantitative estimate of drug-likeness (QED) is 0.371. The number of fused-ring (bicyclic) bond motifs is 1. The molecule has 0 unspecified atom stereocenters. The van der Waals surface area contributed by atoms with Crippen LogP contribution in [0, 0.1) is 11.6 Å². The Morgan fingerprint density at radius 1 is 0.926 bits per heavy atom. The minimum atomic E-state index is -0.510. The fourth-order valence-electron chi connectivity index (χ4n) is 2.83. The second-order valence-corrected chi connectivity index (χ2v) is 6.86. The summed E-state index contributed by atoms with van der Waals surface area (Å²) in [6.07, 6.45) is 0. The molecule has 3 nitrogen and oxygen atoms in total. The Morgan fingerprint density at radius 2 is 1.70 bits per heavy atom. The molecule has 1 heterocycles. The summed E-state index contributed by atoms with van der Waals surface area (Å²) in [6, 6.07) is 19.3. The van der Waals surface area contributed by atoms with E-state index in [0.717, 1.165) is 5.56 Å². The molecule has 0 radical (unpaired) electrons. The van der Waals surface area contributed by atoms with E-state index in [0.29, 0.717) is 21.8 Å². The molecule has 0 N–H and O–H groups in total. The summed E-state index contributed by atoms with van der Waals surface area (Å²) in [7, 11) is 0. The van der Waals surface area contributed by atoms with Crippen molar-refractivity contribution in [3.8, 4) is 5.69 Å². The van der Waals surface area contributed by atoms with Gasteiger partial charge in [0, 0.05) is 5.75 Å². The summed E-state index contributed by atoms with van der Waals surface area (Å²) >= 11 is 1.26. The number of hydrogen-bond acceptors (Lipinski definition) is 3. The summed E-state index contributed by atoms with van der Waals surface area (Å²) in [4.78, 5) is 17.6. The van der Waals surface area contributed by atoms with Gasteiger partial charge in [0.1, 0.15) is 11.6 Å². The normalized spacial score (nSPS) is 11.0. The molecular weight excluding hydrogens is 366 g/mol. The molecule has 0 saturated heterocycles. The van der Waals surface area contributed by atoms with Crippen LogP contribution in [0.15, 0.2) is 82.7 Å².